The first kappa shape index (κ1) is 29.9. The minimum Gasteiger partial charge on any atom is -0.368 e. The third-order valence-electron chi connectivity index (χ3n) is 7.73. The van der Waals surface area contributed by atoms with Crippen LogP contribution in [-0.2, 0) is 11.0 Å². The molecule has 0 bridgehead atoms. The first-order chi connectivity index (χ1) is 20.6. The van der Waals surface area contributed by atoms with E-state index in [-0.39, 0.29) is 23.1 Å². The molecule has 3 amide bonds. The zero-order chi connectivity index (χ0) is 30.6. The summed E-state index contributed by atoms with van der Waals surface area (Å²) in [5.41, 5.74) is 3.20. The number of hydrogen-bond acceptors (Lipinski definition) is 6. The van der Waals surface area contributed by atoms with Crippen molar-refractivity contribution in [2.45, 2.75) is 32.4 Å². The van der Waals surface area contributed by atoms with Crippen LogP contribution in [0.25, 0.3) is 0 Å². The Morgan fingerprint density at radius 1 is 0.977 bits per heavy atom. The van der Waals surface area contributed by atoms with Crippen LogP contribution in [0.3, 0.4) is 0 Å². The molecule has 0 saturated carbocycles. The number of piperazine rings is 1. The standard InChI is InChI=1S/C30H34F3N7O3/c1-20-6-2-3-7-24(20)38-14-16-39(17-15-38)25-10-9-21(27(42)34-11-5-13-40-12-4-8-26(40)41)18-22(25)36-28(43)23-19-35-29(37-23)30(31,32)33/h2-3,6-7,9-10,18-19H,4-5,8,11-17H2,1H3,(H,34,42)(H,35,37)(H,36,43). The summed E-state index contributed by atoms with van der Waals surface area (Å²) in [4.78, 5) is 49.2. The molecule has 0 spiro atoms. The third-order valence-corrected chi connectivity index (χ3v) is 7.73. The van der Waals surface area contributed by atoms with E-state index in [1.165, 1.54) is 11.6 Å². The van der Waals surface area contributed by atoms with E-state index in [2.05, 4.69) is 44.5 Å². The maximum atomic E-state index is 13.1. The van der Waals surface area contributed by atoms with Gasteiger partial charge in [0.2, 0.25) is 11.7 Å². The maximum Gasteiger partial charge on any atom is 0.449 e. The summed E-state index contributed by atoms with van der Waals surface area (Å²) in [6, 6.07) is 13.1. The van der Waals surface area contributed by atoms with Crippen LogP contribution in [0.2, 0.25) is 0 Å². The lowest BCUT2D eigenvalue weighted by Crippen LogP contribution is -2.47. The summed E-state index contributed by atoms with van der Waals surface area (Å²) < 4.78 is 39.2. The highest BCUT2D eigenvalue weighted by Crippen LogP contribution is 2.31. The Kier molecular flexibility index (Phi) is 8.88. The molecular formula is C30H34F3N7O3. The predicted molar refractivity (Wildman–Crippen MR) is 156 cm³/mol. The van der Waals surface area contributed by atoms with Crippen molar-refractivity contribution in [1.82, 2.24) is 20.2 Å². The number of carbonyl (C=O) groups is 3. The number of hydrogen-bond donors (Lipinski definition) is 3. The number of amides is 3. The van der Waals surface area contributed by atoms with Gasteiger partial charge in [0.1, 0.15) is 5.69 Å². The largest absolute Gasteiger partial charge is 0.449 e. The molecule has 13 heteroatoms. The van der Waals surface area contributed by atoms with E-state index in [4.69, 9.17) is 0 Å². The van der Waals surface area contributed by atoms with E-state index < -0.39 is 17.9 Å². The number of para-hydroxylation sites is 1. The Balaban J connectivity index is 1.30. The smallest absolute Gasteiger partial charge is 0.368 e. The van der Waals surface area contributed by atoms with E-state index in [1.54, 1.807) is 17.0 Å². The molecule has 2 fully saturated rings. The topological polar surface area (TPSA) is 114 Å². The molecule has 2 aromatic carbocycles. The van der Waals surface area contributed by atoms with Gasteiger partial charge < -0.3 is 30.3 Å². The van der Waals surface area contributed by atoms with Gasteiger partial charge in [-0.05, 0) is 49.6 Å². The molecule has 0 aliphatic carbocycles. The number of nitrogens with zero attached hydrogens (tertiary/aromatic N) is 4. The fourth-order valence-electron chi connectivity index (χ4n) is 5.44. The number of aromatic amines is 1. The summed E-state index contributed by atoms with van der Waals surface area (Å²) in [6.07, 6.45) is -1.88. The van der Waals surface area contributed by atoms with Gasteiger partial charge in [-0.15, -0.1) is 0 Å². The van der Waals surface area contributed by atoms with Crippen molar-refractivity contribution >= 4 is 34.8 Å². The fraction of sp³-hybridized carbons (Fsp3) is 0.400. The second-order valence-corrected chi connectivity index (χ2v) is 10.7. The van der Waals surface area contributed by atoms with Crippen molar-refractivity contribution in [3.63, 3.8) is 0 Å². The number of rotatable bonds is 9. The van der Waals surface area contributed by atoms with Gasteiger partial charge in [0, 0.05) is 63.5 Å². The molecule has 0 atom stereocenters. The van der Waals surface area contributed by atoms with Gasteiger partial charge in [-0.3, -0.25) is 14.4 Å². The zero-order valence-electron chi connectivity index (χ0n) is 23.8. The number of aromatic nitrogens is 2. The molecule has 3 heterocycles. The SMILES string of the molecule is Cc1ccccc1N1CCN(c2ccc(C(=O)NCCCN3CCCC3=O)cc2NC(=O)c2cnc(C(F)(F)F)[nH]2)CC1. The van der Waals surface area contributed by atoms with Crippen LogP contribution in [0.4, 0.5) is 30.2 Å². The van der Waals surface area contributed by atoms with Gasteiger partial charge in [0.25, 0.3) is 11.8 Å². The number of alkyl halides is 3. The number of benzene rings is 2. The Hall–Kier alpha value is -4.55. The van der Waals surface area contributed by atoms with Crippen LogP contribution in [0.15, 0.2) is 48.7 Å². The number of aryl methyl sites for hydroxylation is 1. The quantitative estimate of drug-likeness (QED) is 0.321. The number of likely N-dealkylation sites (tertiary alicyclic amines) is 1. The highest BCUT2D eigenvalue weighted by molar-refractivity contribution is 6.06. The highest BCUT2D eigenvalue weighted by Gasteiger charge is 2.35. The Bertz CT molecular complexity index is 1480. The average Bonchev–Trinajstić information content (AvgIpc) is 3.65. The van der Waals surface area contributed by atoms with Crippen molar-refractivity contribution in [2.75, 3.05) is 60.9 Å². The minimum absolute atomic E-state index is 0.127. The summed E-state index contributed by atoms with van der Waals surface area (Å²) in [7, 11) is 0. The molecule has 1 aromatic heterocycles. The summed E-state index contributed by atoms with van der Waals surface area (Å²) >= 11 is 0. The van der Waals surface area contributed by atoms with Crippen molar-refractivity contribution in [3.8, 4) is 0 Å². The maximum absolute atomic E-state index is 13.1. The average molecular weight is 598 g/mol. The van der Waals surface area contributed by atoms with Gasteiger partial charge in [-0.25, -0.2) is 4.98 Å². The Morgan fingerprint density at radius 2 is 1.70 bits per heavy atom. The van der Waals surface area contributed by atoms with Gasteiger partial charge in [-0.1, -0.05) is 18.2 Å². The monoisotopic (exact) mass is 597 g/mol. The van der Waals surface area contributed by atoms with Crippen LogP contribution in [-0.4, -0.2) is 78.4 Å². The summed E-state index contributed by atoms with van der Waals surface area (Å²) in [5.74, 6) is -2.31. The molecule has 0 unspecified atom stereocenters. The van der Waals surface area contributed by atoms with E-state index in [0.29, 0.717) is 50.4 Å². The molecule has 2 aliphatic rings. The minimum atomic E-state index is -4.72. The molecule has 43 heavy (non-hydrogen) atoms. The number of carbonyl (C=O) groups excluding carboxylic acids is 3. The lowest BCUT2D eigenvalue weighted by atomic mass is 10.1. The van der Waals surface area contributed by atoms with Crippen molar-refractivity contribution < 1.29 is 27.6 Å². The molecular weight excluding hydrogens is 563 g/mol. The highest BCUT2D eigenvalue weighted by atomic mass is 19.4. The van der Waals surface area contributed by atoms with Crippen LogP contribution >= 0.6 is 0 Å². The number of H-pyrrole nitrogens is 1. The molecule has 10 nitrogen and oxygen atoms in total. The predicted octanol–water partition coefficient (Wildman–Crippen LogP) is 4.06. The second kappa shape index (κ2) is 12.8. The Labute approximate surface area is 247 Å². The lowest BCUT2D eigenvalue weighted by molar-refractivity contribution is -0.144. The van der Waals surface area contributed by atoms with E-state index >= 15 is 0 Å². The van der Waals surface area contributed by atoms with Crippen LogP contribution in [0.5, 0.6) is 0 Å². The number of nitrogens with one attached hydrogen (secondary N) is 3. The zero-order valence-corrected chi connectivity index (χ0v) is 23.8. The molecule has 5 rings (SSSR count). The molecule has 3 N–H and O–H groups in total. The van der Waals surface area contributed by atoms with Crippen molar-refractivity contribution in [3.05, 3.63) is 71.3 Å². The van der Waals surface area contributed by atoms with E-state index in [0.717, 1.165) is 37.9 Å². The Morgan fingerprint density at radius 3 is 2.35 bits per heavy atom. The van der Waals surface area contributed by atoms with Crippen molar-refractivity contribution in [2.24, 2.45) is 0 Å². The lowest BCUT2D eigenvalue weighted by Gasteiger charge is -2.38. The van der Waals surface area contributed by atoms with Gasteiger partial charge in [0.15, 0.2) is 0 Å². The third kappa shape index (κ3) is 7.09. The van der Waals surface area contributed by atoms with Gasteiger partial charge in [-0.2, -0.15) is 13.2 Å². The normalized spacial score (nSPS) is 15.6. The first-order valence-corrected chi connectivity index (χ1v) is 14.3. The molecule has 2 aliphatic heterocycles. The summed E-state index contributed by atoms with van der Waals surface area (Å²) in [5, 5.41) is 5.54. The molecule has 0 radical (unpaired) electrons. The van der Waals surface area contributed by atoms with E-state index in [9.17, 15) is 27.6 Å². The number of halogens is 3. The number of anilines is 3. The van der Waals surface area contributed by atoms with Crippen LogP contribution in [0.1, 0.15) is 51.5 Å². The van der Waals surface area contributed by atoms with Crippen LogP contribution < -0.4 is 20.4 Å². The molecule has 2 saturated heterocycles. The van der Waals surface area contributed by atoms with Crippen LogP contribution in [0, 0.1) is 6.92 Å². The van der Waals surface area contributed by atoms with E-state index in [1.807, 2.05) is 17.1 Å². The molecule has 228 valence electrons. The van der Waals surface area contributed by atoms with Crippen molar-refractivity contribution in [1.29, 1.82) is 0 Å². The number of imidazole rings is 1. The summed E-state index contributed by atoms with van der Waals surface area (Å²) in [6.45, 7) is 6.41. The molecule has 3 aromatic rings. The first-order valence-electron chi connectivity index (χ1n) is 14.3. The van der Waals surface area contributed by atoms with Gasteiger partial charge in [0.05, 0.1) is 17.6 Å². The van der Waals surface area contributed by atoms with Gasteiger partial charge >= 0.3 is 6.18 Å². The second-order valence-electron chi connectivity index (χ2n) is 10.7. The fourth-order valence-corrected chi connectivity index (χ4v) is 5.44.